The van der Waals surface area contributed by atoms with Crippen LogP contribution in [0.1, 0.15) is 43.4 Å². The van der Waals surface area contributed by atoms with Gasteiger partial charge in [0.15, 0.2) is 0 Å². The number of sulfonamides is 1. The largest absolute Gasteiger partial charge is 0.349 e. The Morgan fingerprint density at radius 3 is 2.31 bits per heavy atom. The molecular weight excluding hydrogens is 391 g/mol. The number of halogens is 1. The van der Waals surface area contributed by atoms with Crippen LogP contribution in [0, 0.1) is 11.7 Å². The number of benzene rings is 2. The van der Waals surface area contributed by atoms with Gasteiger partial charge in [-0.15, -0.1) is 0 Å². The number of nitrogens with one attached hydrogen (secondary N) is 1. The highest BCUT2D eigenvalue weighted by molar-refractivity contribution is 7.88. The Labute approximate surface area is 172 Å². The summed E-state index contributed by atoms with van der Waals surface area (Å²) in [4.78, 5) is 12.7. The first kappa shape index (κ1) is 21.5. The number of amides is 1. The fourth-order valence-electron chi connectivity index (χ4n) is 3.67. The molecule has 156 valence electrons. The van der Waals surface area contributed by atoms with Crippen molar-refractivity contribution in [2.75, 3.05) is 13.1 Å². The molecule has 1 amide bonds. The van der Waals surface area contributed by atoms with Crippen molar-refractivity contribution in [2.24, 2.45) is 5.92 Å². The third-order valence-corrected chi connectivity index (χ3v) is 7.26. The lowest BCUT2D eigenvalue weighted by Crippen LogP contribution is -2.44. The lowest BCUT2D eigenvalue weighted by atomic mass is 9.96. The molecule has 1 N–H and O–H groups in total. The Bertz CT molecular complexity index is 909. The fraction of sp³-hybridized carbons (Fsp3) is 0.409. The van der Waals surface area contributed by atoms with E-state index in [9.17, 15) is 17.6 Å². The minimum atomic E-state index is -3.49. The average Bonchev–Trinajstić information content (AvgIpc) is 2.74. The predicted molar refractivity (Wildman–Crippen MR) is 111 cm³/mol. The van der Waals surface area contributed by atoms with E-state index in [1.807, 2.05) is 37.3 Å². The number of carbonyl (C=O) groups excluding carboxylic acids is 1. The van der Waals surface area contributed by atoms with Gasteiger partial charge in [-0.2, -0.15) is 0 Å². The van der Waals surface area contributed by atoms with E-state index in [1.165, 1.54) is 28.6 Å². The van der Waals surface area contributed by atoms with Gasteiger partial charge in [0.2, 0.25) is 15.9 Å². The minimum absolute atomic E-state index is 0.0173. The first-order chi connectivity index (χ1) is 13.9. The van der Waals surface area contributed by atoms with Crippen molar-refractivity contribution in [3.63, 3.8) is 0 Å². The van der Waals surface area contributed by atoms with E-state index >= 15 is 0 Å². The molecule has 0 saturated carbocycles. The molecule has 7 heteroatoms. The normalized spacial score (nSPS) is 17.0. The van der Waals surface area contributed by atoms with Crippen LogP contribution < -0.4 is 5.32 Å². The van der Waals surface area contributed by atoms with E-state index in [-0.39, 0.29) is 29.4 Å². The zero-order valence-corrected chi connectivity index (χ0v) is 17.4. The summed E-state index contributed by atoms with van der Waals surface area (Å²) in [6.07, 6.45) is 1.79. The summed E-state index contributed by atoms with van der Waals surface area (Å²) in [5, 5.41) is 3.11. The van der Waals surface area contributed by atoms with Gasteiger partial charge < -0.3 is 5.32 Å². The standard InChI is InChI=1S/C22H27FN2O3S/c1-2-21(18-6-4-3-5-7-18)24-22(26)19-12-14-25(15-13-19)29(27,28)16-17-8-10-20(23)11-9-17/h3-11,19,21H,2,12-16H2,1H3,(H,24,26)/t21-/m1/s1. The van der Waals surface area contributed by atoms with Crippen molar-refractivity contribution in [1.82, 2.24) is 9.62 Å². The average molecular weight is 419 g/mol. The minimum Gasteiger partial charge on any atom is -0.349 e. The lowest BCUT2D eigenvalue weighted by molar-refractivity contribution is -0.126. The van der Waals surface area contributed by atoms with Crippen LogP contribution in [0.2, 0.25) is 0 Å². The summed E-state index contributed by atoms with van der Waals surface area (Å²) in [6, 6.07) is 15.3. The number of carbonyl (C=O) groups is 1. The summed E-state index contributed by atoms with van der Waals surface area (Å²) in [5.74, 6) is -0.754. The second kappa shape index (κ2) is 9.50. The highest BCUT2D eigenvalue weighted by Crippen LogP contribution is 2.24. The highest BCUT2D eigenvalue weighted by atomic mass is 32.2. The molecule has 0 unspecified atom stereocenters. The van der Waals surface area contributed by atoms with Crippen LogP contribution in [-0.4, -0.2) is 31.7 Å². The molecule has 3 rings (SSSR count). The third-order valence-electron chi connectivity index (χ3n) is 5.41. The Balaban J connectivity index is 1.55. The molecule has 0 bridgehead atoms. The zero-order valence-electron chi connectivity index (χ0n) is 16.6. The molecule has 1 aliphatic heterocycles. The van der Waals surface area contributed by atoms with Crippen molar-refractivity contribution in [3.8, 4) is 0 Å². The second-order valence-corrected chi connectivity index (χ2v) is 9.41. The molecule has 1 aliphatic rings. The SMILES string of the molecule is CC[C@@H](NC(=O)C1CCN(S(=O)(=O)Cc2ccc(F)cc2)CC1)c1ccccc1. The molecule has 1 fully saturated rings. The van der Waals surface area contributed by atoms with Gasteiger partial charge in [0.1, 0.15) is 5.82 Å². The molecule has 0 radical (unpaired) electrons. The van der Waals surface area contributed by atoms with Gasteiger partial charge in [0.05, 0.1) is 11.8 Å². The molecule has 1 atom stereocenters. The van der Waals surface area contributed by atoms with Crippen molar-refractivity contribution < 1.29 is 17.6 Å². The van der Waals surface area contributed by atoms with Crippen molar-refractivity contribution >= 4 is 15.9 Å². The topological polar surface area (TPSA) is 66.5 Å². The van der Waals surface area contributed by atoms with Crippen LogP contribution >= 0.6 is 0 Å². The maximum Gasteiger partial charge on any atom is 0.223 e. The molecule has 1 saturated heterocycles. The number of hydrogen-bond donors (Lipinski definition) is 1. The monoisotopic (exact) mass is 418 g/mol. The number of piperidine rings is 1. The number of nitrogens with zero attached hydrogens (tertiary/aromatic N) is 1. The Morgan fingerprint density at radius 2 is 1.72 bits per heavy atom. The Kier molecular flexibility index (Phi) is 7.03. The van der Waals surface area contributed by atoms with E-state index in [1.54, 1.807) is 0 Å². The Hall–Kier alpha value is -2.25. The summed E-state index contributed by atoms with van der Waals surface area (Å²) >= 11 is 0. The summed E-state index contributed by atoms with van der Waals surface area (Å²) < 4.78 is 39.8. The molecule has 0 aromatic heterocycles. The van der Waals surface area contributed by atoms with E-state index in [0.717, 1.165) is 12.0 Å². The van der Waals surface area contributed by atoms with Gasteiger partial charge in [-0.25, -0.2) is 17.1 Å². The van der Waals surface area contributed by atoms with Gasteiger partial charge in [-0.3, -0.25) is 4.79 Å². The third kappa shape index (κ3) is 5.64. The highest BCUT2D eigenvalue weighted by Gasteiger charge is 2.31. The molecule has 0 spiro atoms. The van der Waals surface area contributed by atoms with Crippen LogP contribution in [0.4, 0.5) is 4.39 Å². The second-order valence-electron chi connectivity index (χ2n) is 7.44. The van der Waals surface area contributed by atoms with Crippen molar-refractivity contribution in [1.29, 1.82) is 0 Å². The smallest absolute Gasteiger partial charge is 0.223 e. The van der Waals surface area contributed by atoms with E-state index in [0.29, 0.717) is 31.5 Å². The van der Waals surface area contributed by atoms with Crippen LogP contribution in [0.3, 0.4) is 0 Å². The molecule has 1 heterocycles. The number of rotatable bonds is 7. The van der Waals surface area contributed by atoms with Gasteiger partial charge in [-0.1, -0.05) is 49.4 Å². The first-order valence-electron chi connectivity index (χ1n) is 9.96. The molecule has 0 aliphatic carbocycles. The first-order valence-corrected chi connectivity index (χ1v) is 11.6. The molecular formula is C22H27FN2O3S. The van der Waals surface area contributed by atoms with Crippen LogP contribution in [0.15, 0.2) is 54.6 Å². The van der Waals surface area contributed by atoms with E-state index < -0.39 is 10.0 Å². The van der Waals surface area contributed by atoms with Gasteiger partial charge in [-0.05, 0) is 42.5 Å². The maximum absolute atomic E-state index is 13.0. The Morgan fingerprint density at radius 1 is 1.10 bits per heavy atom. The van der Waals surface area contributed by atoms with E-state index in [4.69, 9.17) is 0 Å². The van der Waals surface area contributed by atoms with Gasteiger partial charge in [0, 0.05) is 19.0 Å². The summed E-state index contributed by atoms with van der Waals surface area (Å²) in [6.45, 7) is 2.68. The van der Waals surface area contributed by atoms with Crippen LogP contribution in [0.25, 0.3) is 0 Å². The quantitative estimate of drug-likeness (QED) is 0.747. The maximum atomic E-state index is 13.0. The molecule has 2 aromatic carbocycles. The molecule has 5 nitrogen and oxygen atoms in total. The van der Waals surface area contributed by atoms with Crippen LogP contribution in [0.5, 0.6) is 0 Å². The van der Waals surface area contributed by atoms with Crippen LogP contribution in [-0.2, 0) is 20.6 Å². The predicted octanol–water partition coefficient (Wildman–Crippen LogP) is 3.64. The summed E-state index contributed by atoms with van der Waals surface area (Å²) in [5.41, 5.74) is 1.63. The lowest BCUT2D eigenvalue weighted by Gasteiger charge is -2.31. The number of hydrogen-bond acceptors (Lipinski definition) is 3. The fourth-order valence-corrected chi connectivity index (χ4v) is 5.24. The van der Waals surface area contributed by atoms with Crippen molar-refractivity contribution in [2.45, 2.75) is 38.0 Å². The van der Waals surface area contributed by atoms with E-state index in [2.05, 4.69) is 5.32 Å². The van der Waals surface area contributed by atoms with Gasteiger partial charge >= 0.3 is 0 Å². The molecule has 29 heavy (non-hydrogen) atoms. The molecule has 2 aromatic rings. The van der Waals surface area contributed by atoms with Crippen molar-refractivity contribution in [3.05, 3.63) is 71.5 Å². The van der Waals surface area contributed by atoms with Gasteiger partial charge in [0.25, 0.3) is 0 Å². The zero-order chi connectivity index (χ0) is 20.9. The summed E-state index contributed by atoms with van der Waals surface area (Å²) in [7, 11) is -3.49.